The van der Waals surface area contributed by atoms with E-state index in [9.17, 15) is 14.4 Å². The monoisotopic (exact) mass is 406 g/mol. The zero-order valence-corrected chi connectivity index (χ0v) is 16.4. The van der Waals surface area contributed by atoms with E-state index in [2.05, 4.69) is 16.0 Å². The molecule has 1 fully saturated rings. The maximum absolute atomic E-state index is 12.6. The fourth-order valence-electron chi connectivity index (χ4n) is 2.88. The standard InChI is InChI=1S/C20H30N4O5/c21-9-4-5-10-22-11-6-12-23-18(25)15(13-14-7-2-1-3-8-14)24-19(26)16-17(29-16)20(27)28/h1-3,7-8,15-17,22H,4-6,9-13,21H2,(H,23,25)(H,24,26)(H,27,28). The van der Waals surface area contributed by atoms with E-state index < -0.39 is 30.1 Å². The Morgan fingerprint density at radius 3 is 2.41 bits per heavy atom. The lowest BCUT2D eigenvalue weighted by molar-refractivity contribution is -0.138. The van der Waals surface area contributed by atoms with Crippen LogP contribution in [0.15, 0.2) is 30.3 Å². The number of nitrogens with two attached hydrogens (primary N) is 1. The molecule has 1 saturated heterocycles. The fourth-order valence-corrected chi connectivity index (χ4v) is 2.88. The maximum atomic E-state index is 12.6. The third kappa shape index (κ3) is 8.18. The first-order valence-electron chi connectivity index (χ1n) is 9.94. The molecule has 9 heteroatoms. The Hall–Kier alpha value is -2.49. The van der Waals surface area contributed by atoms with Crippen molar-refractivity contribution in [1.82, 2.24) is 16.0 Å². The average molecular weight is 406 g/mol. The van der Waals surface area contributed by atoms with Crippen LogP contribution in [-0.2, 0) is 25.5 Å². The lowest BCUT2D eigenvalue weighted by Crippen LogP contribution is -2.50. The number of epoxide rings is 1. The van der Waals surface area contributed by atoms with Crippen LogP contribution in [-0.4, -0.2) is 67.3 Å². The molecule has 2 amide bonds. The first-order chi connectivity index (χ1) is 14.0. The Balaban J connectivity index is 1.80. The number of amides is 2. The Labute approximate surface area is 170 Å². The molecule has 2 rings (SSSR count). The summed E-state index contributed by atoms with van der Waals surface area (Å²) in [6.45, 7) is 2.83. The number of carbonyl (C=O) groups excluding carboxylic acids is 2. The van der Waals surface area contributed by atoms with Gasteiger partial charge in [-0.2, -0.15) is 0 Å². The minimum Gasteiger partial charge on any atom is -0.479 e. The van der Waals surface area contributed by atoms with Crippen molar-refractivity contribution in [2.45, 2.75) is 43.9 Å². The molecule has 3 unspecified atom stereocenters. The summed E-state index contributed by atoms with van der Waals surface area (Å²) < 4.78 is 4.87. The van der Waals surface area contributed by atoms with Crippen molar-refractivity contribution in [1.29, 1.82) is 0 Å². The zero-order chi connectivity index (χ0) is 21.1. The lowest BCUT2D eigenvalue weighted by Gasteiger charge is -2.18. The number of carboxylic acids is 1. The molecule has 9 nitrogen and oxygen atoms in total. The molecule has 0 saturated carbocycles. The number of nitrogens with one attached hydrogen (secondary N) is 3. The molecule has 0 aliphatic carbocycles. The minimum absolute atomic E-state index is 0.306. The Kier molecular flexibility index (Phi) is 9.55. The zero-order valence-electron chi connectivity index (χ0n) is 16.4. The SMILES string of the molecule is NCCCCNCCCNC(=O)C(Cc1ccccc1)NC(=O)C1OC1C(=O)O. The molecular formula is C20H30N4O5. The van der Waals surface area contributed by atoms with E-state index in [-0.39, 0.29) is 5.91 Å². The quantitative estimate of drug-likeness (QED) is 0.205. The third-order valence-electron chi connectivity index (χ3n) is 4.55. The number of ether oxygens (including phenoxy) is 1. The molecule has 1 heterocycles. The van der Waals surface area contributed by atoms with E-state index in [1.807, 2.05) is 30.3 Å². The largest absolute Gasteiger partial charge is 0.479 e. The Morgan fingerprint density at radius 2 is 1.76 bits per heavy atom. The minimum atomic E-state index is -1.19. The summed E-state index contributed by atoms with van der Waals surface area (Å²) in [5, 5.41) is 17.6. The Bertz CT molecular complexity index is 670. The predicted molar refractivity (Wildman–Crippen MR) is 107 cm³/mol. The highest BCUT2D eigenvalue weighted by atomic mass is 16.6. The van der Waals surface area contributed by atoms with Crippen LogP contribution in [0.5, 0.6) is 0 Å². The summed E-state index contributed by atoms with van der Waals surface area (Å²) >= 11 is 0. The molecule has 1 aliphatic heterocycles. The van der Waals surface area contributed by atoms with Crippen molar-refractivity contribution in [3.05, 3.63) is 35.9 Å². The van der Waals surface area contributed by atoms with Gasteiger partial charge in [0.15, 0.2) is 12.2 Å². The normalized spacial score (nSPS) is 18.7. The van der Waals surface area contributed by atoms with Crippen molar-refractivity contribution in [2.75, 3.05) is 26.2 Å². The molecule has 0 radical (unpaired) electrons. The number of carboxylic acid groups (broad SMARTS) is 1. The molecule has 1 aromatic carbocycles. The van der Waals surface area contributed by atoms with Crippen LogP contribution < -0.4 is 21.7 Å². The lowest BCUT2D eigenvalue weighted by atomic mass is 10.0. The fraction of sp³-hybridized carbons (Fsp3) is 0.550. The van der Waals surface area contributed by atoms with Gasteiger partial charge in [-0.15, -0.1) is 0 Å². The van der Waals surface area contributed by atoms with Crippen molar-refractivity contribution < 1.29 is 24.2 Å². The van der Waals surface area contributed by atoms with Crippen molar-refractivity contribution in [3.63, 3.8) is 0 Å². The van der Waals surface area contributed by atoms with Gasteiger partial charge in [0.2, 0.25) is 5.91 Å². The molecule has 0 bridgehead atoms. The molecule has 6 N–H and O–H groups in total. The van der Waals surface area contributed by atoms with Gasteiger partial charge in [0.1, 0.15) is 6.04 Å². The number of rotatable bonds is 14. The van der Waals surface area contributed by atoms with Crippen LogP contribution in [0.4, 0.5) is 0 Å². The first kappa shape index (κ1) is 22.8. The first-order valence-corrected chi connectivity index (χ1v) is 9.94. The molecule has 3 atom stereocenters. The summed E-state index contributed by atoms with van der Waals surface area (Å²) in [5.74, 6) is -2.08. The summed E-state index contributed by atoms with van der Waals surface area (Å²) in [7, 11) is 0. The van der Waals surface area contributed by atoms with Gasteiger partial charge in [0, 0.05) is 13.0 Å². The van der Waals surface area contributed by atoms with Crippen molar-refractivity contribution >= 4 is 17.8 Å². The van der Waals surface area contributed by atoms with E-state index in [1.54, 1.807) is 0 Å². The molecule has 160 valence electrons. The van der Waals surface area contributed by atoms with E-state index in [1.165, 1.54) is 0 Å². The summed E-state index contributed by atoms with van der Waals surface area (Å²) in [4.78, 5) is 35.7. The van der Waals surface area contributed by atoms with E-state index in [0.29, 0.717) is 19.5 Å². The summed E-state index contributed by atoms with van der Waals surface area (Å²) in [5.41, 5.74) is 6.33. The van der Waals surface area contributed by atoms with Gasteiger partial charge in [-0.05, 0) is 44.5 Å². The van der Waals surface area contributed by atoms with Crippen LogP contribution in [0.1, 0.15) is 24.8 Å². The van der Waals surface area contributed by atoms with E-state index >= 15 is 0 Å². The predicted octanol–water partition coefficient (Wildman–Crippen LogP) is -0.599. The molecule has 0 spiro atoms. The van der Waals surface area contributed by atoms with Crippen LogP contribution in [0, 0.1) is 0 Å². The smallest absolute Gasteiger partial charge is 0.336 e. The van der Waals surface area contributed by atoms with E-state index in [0.717, 1.165) is 37.9 Å². The summed E-state index contributed by atoms with van der Waals surface area (Å²) in [6, 6.07) is 8.50. The highest BCUT2D eigenvalue weighted by molar-refractivity contribution is 5.95. The number of carbonyl (C=O) groups is 3. The second-order valence-corrected chi connectivity index (χ2v) is 6.96. The van der Waals surface area contributed by atoms with Crippen LogP contribution in [0.25, 0.3) is 0 Å². The van der Waals surface area contributed by atoms with Gasteiger partial charge < -0.3 is 31.5 Å². The van der Waals surface area contributed by atoms with Crippen molar-refractivity contribution in [2.24, 2.45) is 5.73 Å². The molecule has 1 aliphatic rings. The van der Waals surface area contributed by atoms with Crippen LogP contribution in [0.3, 0.4) is 0 Å². The molecule has 0 aromatic heterocycles. The maximum Gasteiger partial charge on any atom is 0.336 e. The van der Waals surface area contributed by atoms with Gasteiger partial charge in [-0.25, -0.2) is 4.79 Å². The molecular weight excluding hydrogens is 376 g/mol. The van der Waals surface area contributed by atoms with Gasteiger partial charge in [-0.3, -0.25) is 9.59 Å². The average Bonchev–Trinajstić information content (AvgIpc) is 3.51. The Morgan fingerprint density at radius 1 is 1.03 bits per heavy atom. The van der Waals surface area contributed by atoms with Crippen LogP contribution in [0.2, 0.25) is 0 Å². The van der Waals surface area contributed by atoms with Gasteiger partial charge in [-0.1, -0.05) is 30.3 Å². The number of hydrogen-bond donors (Lipinski definition) is 5. The highest BCUT2D eigenvalue weighted by Crippen LogP contribution is 2.22. The van der Waals surface area contributed by atoms with E-state index in [4.69, 9.17) is 15.6 Å². The number of aliphatic carboxylic acids is 1. The molecule has 1 aromatic rings. The summed E-state index contributed by atoms with van der Waals surface area (Å²) in [6.07, 6.45) is 0.886. The second-order valence-electron chi connectivity index (χ2n) is 6.96. The highest BCUT2D eigenvalue weighted by Gasteiger charge is 2.51. The van der Waals surface area contributed by atoms with Gasteiger partial charge in [0.25, 0.3) is 5.91 Å². The van der Waals surface area contributed by atoms with Gasteiger partial charge in [0.05, 0.1) is 0 Å². The van der Waals surface area contributed by atoms with Crippen molar-refractivity contribution in [3.8, 4) is 0 Å². The second kappa shape index (κ2) is 12.2. The number of benzene rings is 1. The number of hydrogen-bond acceptors (Lipinski definition) is 6. The van der Waals surface area contributed by atoms with Gasteiger partial charge >= 0.3 is 5.97 Å². The third-order valence-corrected chi connectivity index (χ3v) is 4.55. The van der Waals surface area contributed by atoms with Crippen LogP contribution >= 0.6 is 0 Å². The number of unbranched alkanes of at least 4 members (excludes halogenated alkanes) is 1. The topological polar surface area (TPSA) is 146 Å². The molecule has 29 heavy (non-hydrogen) atoms.